The van der Waals surface area contributed by atoms with Crippen LogP contribution in [-0.4, -0.2) is 16.1 Å². The van der Waals surface area contributed by atoms with Gasteiger partial charge < -0.3 is 9.88 Å². The molecule has 3 heteroatoms. The summed E-state index contributed by atoms with van der Waals surface area (Å²) in [6, 6.07) is 0.610. The number of hydrogen-bond acceptors (Lipinski definition) is 2. The summed E-state index contributed by atoms with van der Waals surface area (Å²) in [6.07, 6.45) is 3.36. The van der Waals surface area contributed by atoms with Crippen molar-refractivity contribution in [3.8, 4) is 0 Å². The SMILES string of the molecule is CCc1nc2c(n1C(CC)C(C)C)CCNC2. The van der Waals surface area contributed by atoms with Gasteiger partial charge in [-0.1, -0.05) is 27.7 Å². The number of nitrogens with one attached hydrogen (secondary N) is 1. The minimum atomic E-state index is 0.610. The van der Waals surface area contributed by atoms with Crippen LogP contribution in [0.15, 0.2) is 0 Å². The molecule has 0 saturated carbocycles. The molecule has 0 amide bonds. The van der Waals surface area contributed by atoms with E-state index >= 15 is 0 Å². The van der Waals surface area contributed by atoms with E-state index in [1.54, 1.807) is 0 Å². The van der Waals surface area contributed by atoms with Gasteiger partial charge in [0, 0.05) is 37.7 Å². The molecule has 0 saturated heterocycles. The summed E-state index contributed by atoms with van der Waals surface area (Å²) in [6.45, 7) is 11.2. The molecule has 17 heavy (non-hydrogen) atoms. The molecule has 0 bridgehead atoms. The molecule has 1 atom stereocenters. The van der Waals surface area contributed by atoms with Crippen LogP contribution in [-0.2, 0) is 19.4 Å². The minimum absolute atomic E-state index is 0.610. The molecule has 0 aromatic carbocycles. The second-order valence-corrected chi connectivity index (χ2v) is 5.29. The first-order valence-electron chi connectivity index (χ1n) is 6.98. The van der Waals surface area contributed by atoms with Crippen LogP contribution < -0.4 is 5.32 Å². The maximum absolute atomic E-state index is 4.82. The van der Waals surface area contributed by atoms with Crippen molar-refractivity contribution < 1.29 is 0 Å². The van der Waals surface area contributed by atoms with Crippen molar-refractivity contribution in [1.29, 1.82) is 0 Å². The van der Waals surface area contributed by atoms with E-state index in [1.807, 2.05) is 0 Å². The first kappa shape index (κ1) is 12.6. The minimum Gasteiger partial charge on any atom is -0.328 e. The molecule has 3 nitrogen and oxygen atoms in total. The number of fused-ring (bicyclic) bond motifs is 1. The zero-order chi connectivity index (χ0) is 12.4. The van der Waals surface area contributed by atoms with E-state index in [0.717, 1.165) is 25.9 Å². The normalized spacial score (nSPS) is 17.2. The van der Waals surface area contributed by atoms with Crippen molar-refractivity contribution in [2.45, 2.75) is 59.5 Å². The van der Waals surface area contributed by atoms with Gasteiger partial charge in [0.1, 0.15) is 5.82 Å². The largest absolute Gasteiger partial charge is 0.328 e. The van der Waals surface area contributed by atoms with Crippen LogP contribution in [0.1, 0.15) is 57.4 Å². The van der Waals surface area contributed by atoms with Crippen LogP contribution in [0.25, 0.3) is 0 Å². The van der Waals surface area contributed by atoms with Crippen molar-refractivity contribution in [2.24, 2.45) is 5.92 Å². The molecular formula is C14H25N3. The molecule has 1 aromatic rings. The summed E-state index contributed by atoms with van der Waals surface area (Å²) < 4.78 is 2.54. The number of hydrogen-bond donors (Lipinski definition) is 1. The topological polar surface area (TPSA) is 29.9 Å². The lowest BCUT2D eigenvalue weighted by Gasteiger charge is -2.26. The summed E-state index contributed by atoms with van der Waals surface area (Å²) in [7, 11) is 0. The van der Waals surface area contributed by atoms with Gasteiger partial charge in [-0.25, -0.2) is 4.98 Å². The Hall–Kier alpha value is -0.830. The highest BCUT2D eigenvalue weighted by Crippen LogP contribution is 2.28. The van der Waals surface area contributed by atoms with Gasteiger partial charge in [-0.15, -0.1) is 0 Å². The molecule has 1 aliphatic rings. The average Bonchev–Trinajstić information content (AvgIpc) is 2.69. The van der Waals surface area contributed by atoms with Gasteiger partial charge in [0.15, 0.2) is 0 Å². The molecule has 96 valence electrons. The van der Waals surface area contributed by atoms with Crippen molar-refractivity contribution in [3.05, 3.63) is 17.2 Å². The van der Waals surface area contributed by atoms with Crippen LogP contribution in [0, 0.1) is 5.92 Å². The molecule has 0 fully saturated rings. The summed E-state index contributed by atoms with van der Waals surface area (Å²) in [5.74, 6) is 1.96. The lowest BCUT2D eigenvalue weighted by Crippen LogP contribution is -2.27. The van der Waals surface area contributed by atoms with E-state index in [1.165, 1.54) is 23.6 Å². The van der Waals surface area contributed by atoms with E-state index in [-0.39, 0.29) is 0 Å². The molecule has 1 N–H and O–H groups in total. The van der Waals surface area contributed by atoms with E-state index in [2.05, 4.69) is 37.6 Å². The third kappa shape index (κ3) is 2.25. The number of nitrogens with zero attached hydrogens (tertiary/aromatic N) is 2. The maximum atomic E-state index is 4.82. The fourth-order valence-corrected chi connectivity index (χ4v) is 2.98. The lowest BCUT2D eigenvalue weighted by atomic mass is 10.00. The van der Waals surface area contributed by atoms with Crippen molar-refractivity contribution >= 4 is 0 Å². The van der Waals surface area contributed by atoms with Crippen molar-refractivity contribution in [1.82, 2.24) is 14.9 Å². The standard InChI is InChI=1S/C14H25N3/c1-5-12(10(3)4)17-13-7-8-15-9-11(13)16-14(17)6-2/h10,12,15H,5-9H2,1-4H3. The number of aryl methyl sites for hydroxylation is 1. The van der Waals surface area contributed by atoms with Gasteiger partial charge in [-0.3, -0.25) is 0 Å². The fourth-order valence-electron chi connectivity index (χ4n) is 2.98. The van der Waals surface area contributed by atoms with Crippen LogP contribution in [0.3, 0.4) is 0 Å². The average molecular weight is 235 g/mol. The Morgan fingerprint density at radius 3 is 2.71 bits per heavy atom. The van der Waals surface area contributed by atoms with Crippen molar-refractivity contribution in [3.63, 3.8) is 0 Å². The first-order valence-corrected chi connectivity index (χ1v) is 6.98. The number of rotatable bonds is 4. The zero-order valence-corrected chi connectivity index (χ0v) is 11.6. The Bertz CT molecular complexity index is 379. The second-order valence-electron chi connectivity index (χ2n) is 5.29. The molecule has 0 aliphatic carbocycles. The first-order chi connectivity index (χ1) is 8.19. The van der Waals surface area contributed by atoms with Gasteiger partial charge in [0.25, 0.3) is 0 Å². The third-order valence-corrected chi connectivity index (χ3v) is 3.83. The molecule has 2 heterocycles. The quantitative estimate of drug-likeness (QED) is 0.869. The second kappa shape index (κ2) is 5.21. The zero-order valence-electron chi connectivity index (χ0n) is 11.6. The summed E-state index contributed by atoms with van der Waals surface area (Å²) >= 11 is 0. The Kier molecular flexibility index (Phi) is 3.87. The maximum Gasteiger partial charge on any atom is 0.109 e. The third-order valence-electron chi connectivity index (χ3n) is 3.83. The van der Waals surface area contributed by atoms with Crippen molar-refractivity contribution in [2.75, 3.05) is 6.54 Å². The Morgan fingerprint density at radius 1 is 1.35 bits per heavy atom. The van der Waals surface area contributed by atoms with E-state index < -0.39 is 0 Å². The van der Waals surface area contributed by atoms with Gasteiger partial charge in [0.05, 0.1) is 5.69 Å². The van der Waals surface area contributed by atoms with E-state index in [4.69, 9.17) is 4.98 Å². The predicted molar refractivity (Wildman–Crippen MR) is 71.2 cm³/mol. The van der Waals surface area contributed by atoms with Gasteiger partial charge >= 0.3 is 0 Å². The smallest absolute Gasteiger partial charge is 0.109 e. The van der Waals surface area contributed by atoms with E-state index in [0.29, 0.717) is 12.0 Å². The predicted octanol–water partition coefficient (Wildman–Crippen LogP) is 2.70. The summed E-state index contributed by atoms with van der Waals surface area (Å²) in [5, 5.41) is 3.42. The Morgan fingerprint density at radius 2 is 2.12 bits per heavy atom. The highest BCUT2D eigenvalue weighted by Gasteiger charge is 2.24. The van der Waals surface area contributed by atoms with Gasteiger partial charge in [0.2, 0.25) is 0 Å². The monoisotopic (exact) mass is 235 g/mol. The van der Waals surface area contributed by atoms with E-state index in [9.17, 15) is 0 Å². The van der Waals surface area contributed by atoms with Crippen LogP contribution in [0.5, 0.6) is 0 Å². The Balaban J connectivity index is 2.45. The lowest BCUT2D eigenvalue weighted by molar-refractivity contribution is 0.346. The fraction of sp³-hybridized carbons (Fsp3) is 0.786. The van der Waals surface area contributed by atoms with Gasteiger partial charge in [-0.05, 0) is 12.3 Å². The van der Waals surface area contributed by atoms with Crippen LogP contribution in [0.2, 0.25) is 0 Å². The molecule has 1 aliphatic heterocycles. The molecular weight excluding hydrogens is 210 g/mol. The van der Waals surface area contributed by atoms with Gasteiger partial charge in [-0.2, -0.15) is 0 Å². The number of aromatic nitrogens is 2. The number of imidazole rings is 1. The molecule has 1 unspecified atom stereocenters. The van der Waals surface area contributed by atoms with Crippen LogP contribution in [0.4, 0.5) is 0 Å². The Labute approximate surface area is 105 Å². The highest BCUT2D eigenvalue weighted by atomic mass is 15.1. The highest BCUT2D eigenvalue weighted by molar-refractivity contribution is 5.21. The molecule has 1 aromatic heterocycles. The molecule has 0 radical (unpaired) electrons. The molecule has 0 spiro atoms. The summed E-state index contributed by atoms with van der Waals surface area (Å²) in [5.41, 5.74) is 2.77. The van der Waals surface area contributed by atoms with Crippen LogP contribution >= 0.6 is 0 Å². The molecule has 2 rings (SSSR count). The summed E-state index contributed by atoms with van der Waals surface area (Å²) in [4.78, 5) is 4.82.